The zero-order chi connectivity index (χ0) is 17.0. The third kappa shape index (κ3) is 4.70. The van der Waals surface area contributed by atoms with Gasteiger partial charge in [-0.2, -0.15) is 13.2 Å². The summed E-state index contributed by atoms with van der Waals surface area (Å²) in [4.78, 5) is 23.2. The van der Waals surface area contributed by atoms with Gasteiger partial charge in [-0.25, -0.2) is 9.97 Å². The number of amides is 1. The average molecular weight is 351 g/mol. The third-order valence-corrected chi connectivity index (χ3v) is 3.75. The number of anilines is 1. The first-order chi connectivity index (χ1) is 10.8. The van der Waals surface area contributed by atoms with Crippen molar-refractivity contribution in [2.45, 2.75) is 32.4 Å². The molecule has 5 nitrogen and oxygen atoms in total. The maximum Gasteiger partial charge on any atom is 0.406 e. The summed E-state index contributed by atoms with van der Waals surface area (Å²) in [5.41, 5.74) is -0.179. The number of halogens is 4. The smallest absolute Gasteiger partial charge is 0.341 e. The molecule has 23 heavy (non-hydrogen) atoms. The number of carbonyl (C=O) groups excluding carboxylic acids is 1. The number of nitrogens with zero attached hydrogens (tertiary/aromatic N) is 4. The molecule has 2 heterocycles. The van der Waals surface area contributed by atoms with Crippen molar-refractivity contribution in [2.75, 3.05) is 31.1 Å². The lowest BCUT2D eigenvalue weighted by Crippen LogP contribution is -2.40. The topological polar surface area (TPSA) is 49.3 Å². The Bertz CT molecular complexity index is 561. The van der Waals surface area contributed by atoms with Crippen molar-refractivity contribution in [3.63, 3.8) is 0 Å². The van der Waals surface area contributed by atoms with Gasteiger partial charge in [-0.1, -0.05) is 18.5 Å². The zero-order valence-corrected chi connectivity index (χ0v) is 13.5. The average Bonchev–Trinajstić information content (AvgIpc) is 2.99. The fraction of sp³-hybridized carbons (Fsp3) is 0.643. The van der Waals surface area contributed by atoms with Gasteiger partial charge < -0.3 is 9.80 Å². The molecule has 0 radical (unpaired) electrons. The molecule has 1 aliphatic rings. The molecule has 1 aromatic rings. The van der Waals surface area contributed by atoms with E-state index in [4.69, 9.17) is 11.6 Å². The Kier molecular flexibility index (Phi) is 5.67. The largest absolute Gasteiger partial charge is 0.406 e. The molecule has 0 spiro atoms. The van der Waals surface area contributed by atoms with E-state index >= 15 is 0 Å². The quantitative estimate of drug-likeness (QED) is 0.818. The molecule has 1 aliphatic heterocycles. The first kappa shape index (κ1) is 17.8. The van der Waals surface area contributed by atoms with Gasteiger partial charge in [0.2, 0.25) is 5.95 Å². The molecule has 1 fully saturated rings. The minimum Gasteiger partial charge on any atom is -0.341 e. The van der Waals surface area contributed by atoms with Gasteiger partial charge >= 0.3 is 6.18 Å². The number of carbonyl (C=O) groups is 1. The summed E-state index contributed by atoms with van der Waals surface area (Å²) < 4.78 is 38.0. The molecule has 0 atom stereocenters. The van der Waals surface area contributed by atoms with Crippen LogP contribution < -0.4 is 4.90 Å². The number of alkyl halides is 3. The van der Waals surface area contributed by atoms with Gasteiger partial charge in [-0.15, -0.1) is 0 Å². The predicted octanol–water partition coefficient (Wildman–Crippen LogP) is 3.14. The fourth-order valence-corrected chi connectivity index (χ4v) is 2.64. The van der Waals surface area contributed by atoms with Crippen LogP contribution >= 0.6 is 11.6 Å². The standard InChI is InChI=1S/C14H18ClF3N4O/c1-2-5-22(9-14(16,17)18)12(23)11-10(15)8-19-13(20-11)21-6-3-4-7-21/h8H,2-7,9H2,1H3. The van der Waals surface area contributed by atoms with Crippen molar-refractivity contribution in [3.05, 3.63) is 16.9 Å². The highest BCUT2D eigenvalue weighted by molar-refractivity contribution is 6.33. The molecule has 0 unspecified atom stereocenters. The van der Waals surface area contributed by atoms with Gasteiger partial charge in [0.15, 0.2) is 5.69 Å². The zero-order valence-electron chi connectivity index (χ0n) is 12.7. The van der Waals surface area contributed by atoms with Crippen LogP contribution in [0, 0.1) is 0 Å². The first-order valence-electron chi connectivity index (χ1n) is 7.45. The van der Waals surface area contributed by atoms with E-state index in [-0.39, 0.29) is 17.3 Å². The minimum absolute atomic E-state index is 0.0161. The SMILES string of the molecule is CCCN(CC(F)(F)F)C(=O)c1nc(N2CCCC2)ncc1Cl. The molecule has 128 valence electrons. The molecule has 0 saturated carbocycles. The van der Waals surface area contributed by atoms with Crippen LogP contribution in [0.1, 0.15) is 36.7 Å². The van der Waals surface area contributed by atoms with Crippen LogP contribution in [0.2, 0.25) is 5.02 Å². The summed E-state index contributed by atoms with van der Waals surface area (Å²) in [6, 6.07) is 0. The fourth-order valence-electron chi connectivity index (χ4n) is 2.47. The second-order valence-electron chi connectivity index (χ2n) is 5.40. The van der Waals surface area contributed by atoms with E-state index in [2.05, 4.69) is 9.97 Å². The molecule has 1 amide bonds. The van der Waals surface area contributed by atoms with Gasteiger partial charge in [0, 0.05) is 19.6 Å². The Balaban J connectivity index is 2.26. The summed E-state index contributed by atoms with van der Waals surface area (Å²) >= 11 is 5.94. The maximum absolute atomic E-state index is 12.7. The monoisotopic (exact) mass is 350 g/mol. The third-order valence-electron chi connectivity index (χ3n) is 3.47. The summed E-state index contributed by atoms with van der Waals surface area (Å²) in [5, 5.41) is -0.0405. The van der Waals surface area contributed by atoms with Crippen molar-refractivity contribution in [3.8, 4) is 0 Å². The van der Waals surface area contributed by atoms with E-state index in [0.29, 0.717) is 12.4 Å². The summed E-state index contributed by atoms with van der Waals surface area (Å²) in [5.74, 6) is -0.490. The van der Waals surface area contributed by atoms with Crippen LogP contribution in [0.4, 0.5) is 19.1 Å². The molecule has 0 N–H and O–H groups in total. The minimum atomic E-state index is -4.47. The second kappa shape index (κ2) is 7.33. The van der Waals surface area contributed by atoms with Crippen LogP contribution in [-0.4, -0.2) is 53.1 Å². The first-order valence-corrected chi connectivity index (χ1v) is 7.83. The van der Waals surface area contributed by atoms with Crippen LogP contribution in [0.5, 0.6) is 0 Å². The van der Waals surface area contributed by atoms with E-state index in [9.17, 15) is 18.0 Å². The van der Waals surface area contributed by atoms with Crippen molar-refractivity contribution >= 4 is 23.5 Å². The highest BCUT2D eigenvalue weighted by Gasteiger charge is 2.34. The Morgan fingerprint density at radius 1 is 1.39 bits per heavy atom. The van der Waals surface area contributed by atoms with Crippen LogP contribution in [0.3, 0.4) is 0 Å². The highest BCUT2D eigenvalue weighted by atomic mass is 35.5. The second-order valence-corrected chi connectivity index (χ2v) is 5.81. The summed E-state index contributed by atoms with van der Waals surface area (Å²) in [7, 11) is 0. The molecular weight excluding hydrogens is 333 g/mol. The van der Waals surface area contributed by atoms with E-state index in [1.165, 1.54) is 6.20 Å². The van der Waals surface area contributed by atoms with Crippen LogP contribution in [0.15, 0.2) is 6.20 Å². The van der Waals surface area contributed by atoms with Gasteiger partial charge in [0.05, 0.1) is 11.2 Å². The predicted molar refractivity (Wildman–Crippen MR) is 80.7 cm³/mol. The van der Waals surface area contributed by atoms with Crippen molar-refractivity contribution in [1.29, 1.82) is 0 Å². The van der Waals surface area contributed by atoms with Gasteiger partial charge in [-0.05, 0) is 19.3 Å². The number of hydrogen-bond acceptors (Lipinski definition) is 4. The Labute approximate surface area is 137 Å². The lowest BCUT2D eigenvalue weighted by molar-refractivity contribution is -0.140. The molecule has 0 bridgehead atoms. The van der Waals surface area contributed by atoms with Crippen molar-refractivity contribution in [2.24, 2.45) is 0 Å². The Hall–Kier alpha value is -1.57. The van der Waals surface area contributed by atoms with Crippen molar-refractivity contribution < 1.29 is 18.0 Å². The van der Waals surface area contributed by atoms with E-state index in [1.807, 2.05) is 4.90 Å². The molecule has 0 aliphatic carbocycles. The summed E-state index contributed by atoms with van der Waals surface area (Å²) in [6.45, 7) is 1.89. The van der Waals surface area contributed by atoms with E-state index < -0.39 is 18.6 Å². The molecule has 9 heteroatoms. The Morgan fingerprint density at radius 3 is 2.61 bits per heavy atom. The van der Waals surface area contributed by atoms with Crippen molar-refractivity contribution in [1.82, 2.24) is 14.9 Å². The molecule has 0 aromatic carbocycles. The van der Waals surface area contributed by atoms with Gasteiger partial charge in [0.1, 0.15) is 6.54 Å². The van der Waals surface area contributed by atoms with E-state index in [0.717, 1.165) is 30.8 Å². The lowest BCUT2D eigenvalue weighted by atomic mass is 10.3. The molecule has 2 rings (SSSR count). The Morgan fingerprint density at radius 2 is 2.04 bits per heavy atom. The molecular formula is C14H18ClF3N4O. The molecule has 1 saturated heterocycles. The normalized spacial score (nSPS) is 15.1. The van der Waals surface area contributed by atoms with Gasteiger partial charge in [-0.3, -0.25) is 4.79 Å². The molecule has 1 aromatic heterocycles. The summed E-state index contributed by atoms with van der Waals surface area (Å²) in [6.07, 6.45) is -0.810. The van der Waals surface area contributed by atoms with Crippen LogP contribution in [0.25, 0.3) is 0 Å². The van der Waals surface area contributed by atoms with Crippen LogP contribution in [-0.2, 0) is 0 Å². The van der Waals surface area contributed by atoms with E-state index in [1.54, 1.807) is 6.92 Å². The highest BCUT2D eigenvalue weighted by Crippen LogP contribution is 2.23. The lowest BCUT2D eigenvalue weighted by Gasteiger charge is -2.24. The maximum atomic E-state index is 12.7. The number of aromatic nitrogens is 2. The number of rotatable bonds is 5. The number of hydrogen-bond donors (Lipinski definition) is 0. The van der Waals surface area contributed by atoms with Gasteiger partial charge in [0.25, 0.3) is 5.91 Å².